The second kappa shape index (κ2) is 11.7. The third-order valence-corrected chi connectivity index (χ3v) is 13.3. The Hall–Kier alpha value is -5.68. The van der Waals surface area contributed by atoms with Gasteiger partial charge in [0.05, 0.1) is 16.6 Å². The van der Waals surface area contributed by atoms with E-state index in [2.05, 4.69) is 169 Å². The first-order valence-electron chi connectivity index (χ1n) is 20.1. The molecule has 280 valence electrons. The van der Waals surface area contributed by atoms with Crippen LogP contribution in [-0.2, 0) is 22.1 Å². The van der Waals surface area contributed by atoms with Crippen molar-refractivity contribution in [1.82, 2.24) is 14.1 Å². The number of ether oxygens (including phenoxy) is 1. The summed E-state index contributed by atoms with van der Waals surface area (Å²) in [5.41, 5.74) is 15.9. The molecule has 0 spiro atoms. The van der Waals surface area contributed by atoms with Gasteiger partial charge in [-0.2, -0.15) is 0 Å². The number of aryl methyl sites for hydroxylation is 2. The molecule has 0 unspecified atom stereocenters. The number of hydrogen-bond acceptors (Lipinski definition) is 3. The van der Waals surface area contributed by atoms with Gasteiger partial charge in [0, 0.05) is 51.1 Å². The zero-order valence-electron chi connectivity index (χ0n) is 34.3. The highest BCUT2D eigenvalue weighted by atomic mass is 16.5. The number of aromatic nitrogens is 3. The molecule has 5 nitrogen and oxygen atoms in total. The van der Waals surface area contributed by atoms with E-state index >= 15 is 0 Å². The van der Waals surface area contributed by atoms with Crippen LogP contribution in [0.25, 0.3) is 55.1 Å². The maximum Gasteiger partial charge on any atom is 0.217 e. The van der Waals surface area contributed by atoms with E-state index in [0.717, 1.165) is 51.3 Å². The molecule has 4 heterocycles. The number of rotatable bonds is 4. The zero-order valence-corrected chi connectivity index (χ0v) is 34.3. The SMILES string of the molecule is Cc1ccc2c(c1)c1ccc(-n3c4ccc(C(C)(C)C)cc4c4cccnc43)cc1n2-c1cc(C2=N[C@]3(C)c4ccc(C)c(C)c4C[C@]3(C)O2)cc(C(C)C)c1. The van der Waals surface area contributed by atoms with Crippen LogP contribution in [0.3, 0.4) is 0 Å². The van der Waals surface area contributed by atoms with Crippen LogP contribution < -0.4 is 0 Å². The maximum absolute atomic E-state index is 7.05. The van der Waals surface area contributed by atoms with Gasteiger partial charge in [0.1, 0.15) is 16.8 Å². The molecule has 5 heteroatoms. The Morgan fingerprint density at radius 3 is 2.27 bits per heavy atom. The van der Waals surface area contributed by atoms with Crippen LogP contribution in [0.1, 0.15) is 98.9 Å². The average molecular weight is 735 g/mol. The van der Waals surface area contributed by atoms with E-state index in [0.29, 0.717) is 5.92 Å². The molecule has 56 heavy (non-hydrogen) atoms. The minimum absolute atomic E-state index is 0.0398. The molecule has 1 aliphatic heterocycles. The topological polar surface area (TPSA) is 44.3 Å². The summed E-state index contributed by atoms with van der Waals surface area (Å²) in [6.45, 7) is 22.5. The van der Waals surface area contributed by atoms with E-state index in [1.54, 1.807) is 0 Å². The van der Waals surface area contributed by atoms with Crippen molar-refractivity contribution < 1.29 is 4.74 Å². The van der Waals surface area contributed by atoms with Gasteiger partial charge in [0.15, 0.2) is 0 Å². The molecule has 5 aromatic carbocycles. The molecule has 10 rings (SSSR count). The first kappa shape index (κ1) is 34.8. The van der Waals surface area contributed by atoms with Crippen LogP contribution in [0.4, 0.5) is 0 Å². The molecular formula is C51H50N4O. The molecule has 0 fully saturated rings. The monoisotopic (exact) mass is 734 g/mol. The molecule has 8 aromatic rings. The predicted molar refractivity (Wildman–Crippen MR) is 233 cm³/mol. The van der Waals surface area contributed by atoms with Crippen molar-refractivity contribution in [2.45, 2.75) is 98.1 Å². The number of aliphatic imine (C=N–C) groups is 1. The molecule has 0 saturated heterocycles. The van der Waals surface area contributed by atoms with Gasteiger partial charge in [0.2, 0.25) is 5.90 Å². The number of benzene rings is 5. The molecule has 0 N–H and O–H groups in total. The normalized spacial score (nSPS) is 19.4. The lowest BCUT2D eigenvalue weighted by Crippen LogP contribution is -2.41. The molecule has 3 aromatic heterocycles. The lowest BCUT2D eigenvalue weighted by atomic mass is 9.84. The van der Waals surface area contributed by atoms with Crippen molar-refractivity contribution in [3.63, 3.8) is 0 Å². The van der Waals surface area contributed by atoms with Crippen LogP contribution >= 0.6 is 0 Å². The van der Waals surface area contributed by atoms with Crippen molar-refractivity contribution in [2.24, 2.45) is 4.99 Å². The Balaban J connectivity index is 1.20. The van der Waals surface area contributed by atoms with E-state index in [-0.39, 0.29) is 5.41 Å². The van der Waals surface area contributed by atoms with Crippen LogP contribution in [0.15, 0.2) is 108 Å². The molecular weight excluding hydrogens is 685 g/mol. The second-order valence-corrected chi connectivity index (χ2v) is 18.2. The Kier molecular flexibility index (Phi) is 7.25. The van der Waals surface area contributed by atoms with Gasteiger partial charge in [-0.1, -0.05) is 70.5 Å². The number of fused-ring (bicyclic) bond motifs is 9. The summed E-state index contributed by atoms with van der Waals surface area (Å²) in [4.78, 5) is 10.5. The highest BCUT2D eigenvalue weighted by molar-refractivity contribution is 6.12. The minimum Gasteiger partial charge on any atom is -0.468 e. The summed E-state index contributed by atoms with van der Waals surface area (Å²) in [6, 6.07) is 36.4. The summed E-state index contributed by atoms with van der Waals surface area (Å²) < 4.78 is 11.8. The minimum atomic E-state index is -0.465. The van der Waals surface area contributed by atoms with Crippen molar-refractivity contribution in [3.05, 3.63) is 148 Å². The summed E-state index contributed by atoms with van der Waals surface area (Å²) in [5, 5.41) is 4.85. The summed E-state index contributed by atoms with van der Waals surface area (Å²) in [6.07, 6.45) is 2.75. The zero-order chi connectivity index (χ0) is 39.1. The number of hydrogen-bond donors (Lipinski definition) is 0. The molecule has 0 radical (unpaired) electrons. The highest BCUT2D eigenvalue weighted by Crippen LogP contribution is 2.54. The second-order valence-electron chi connectivity index (χ2n) is 18.2. The largest absolute Gasteiger partial charge is 0.468 e. The van der Waals surface area contributed by atoms with Crippen LogP contribution in [0, 0.1) is 20.8 Å². The van der Waals surface area contributed by atoms with Crippen molar-refractivity contribution in [3.8, 4) is 11.4 Å². The van der Waals surface area contributed by atoms with E-state index in [1.165, 1.54) is 60.6 Å². The van der Waals surface area contributed by atoms with Gasteiger partial charge < -0.3 is 9.30 Å². The predicted octanol–water partition coefficient (Wildman–Crippen LogP) is 12.6. The van der Waals surface area contributed by atoms with Gasteiger partial charge in [-0.05, 0) is 146 Å². The standard InChI is InChI=1S/C51H50N4O/c1-29(2)33-23-34(48-53-51(10)43-18-14-31(4)32(5)42(43)28-50(51,9)56-48)25-37(24-33)54-44-19-13-30(3)22-40(44)38-17-16-36(27-46(38)54)55-45-20-15-35(49(6,7)8)26-41(45)39-12-11-21-52-47(39)55/h11-27,29H,28H2,1-10H3/t50-,51+/m0/s1. The van der Waals surface area contributed by atoms with Gasteiger partial charge in [0.25, 0.3) is 0 Å². The van der Waals surface area contributed by atoms with Crippen molar-refractivity contribution >= 4 is 49.6 Å². The third-order valence-electron chi connectivity index (χ3n) is 13.3. The lowest BCUT2D eigenvalue weighted by Gasteiger charge is -2.31. The Labute approximate surface area is 329 Å². The number of pyridine rings is 1. The fourth-order valence-electron chi connectivity index (χ4n) is 9.56. The summed E-state index contributed by atoms with van der Waals surface area (Å²) in [5.74, 6) is 1.03. The molecule has 2 aliphatic rings. The average Bonchev–Trinajstić information content (AvgIpc) is 3.82. The van der Waals surface area contributed by atoms with Crippen molar-refractivity contribution in [2.75, 3.05) is 0 Å². The molecule has 0 amide bonds. The number of nitrogens with zero attached hydrogens (tertiary/aromatic N) is 4. The van der Waals surface area contributed by atoms with Gasteiger partial charge >= 0.3 is 0 Å². The van der Waals surface area contributed by atoms with Crippen LogP contribution in [0.5, 0.6) is 0 Å². The summed E-state index contributed by atoms with van der Waals surface area (Å²) >= 11 is 0. The van der Waals surface area contributed by atoms with Gasteiger partial charge in [-0.25, -0.2) is 9.98 Å². The maximum atomic E-state index is 7.05. The summed E-state index contributed by atoms with van der Waals surface area (Å²) in [7, 11) is 0. The first-order valence-corrected chi connectivity index (χ1v) is 20.1. The third kappa shape index (κ3) is 4.85. The Morgan fingerprint density at radius 1 is 0.714 bits per heavy atom. The van der Waals surface area contributed by atoms with E-state index in [1.807, 2.05) is 12.3 Å². The first-order chi connectivity index (χ1) is 26.6. The smallest absolute Gasteiger partial charge is 0.217 e. The van der Waals surface area contributed by atoms with Crippen LogP contribution in [-0.4, -0.2) is 25.6 Å². The van der Waals surface area contributed by atoms with Crippen LogP contribution in [0.2, 0.25) is 0 Å². The van der Waals surface area contributed by atoms with Crippen molar-refractivity contribution in [1.29, 1.82) is 0 Å². The molecule has 0 saturated carbocycles. The fourth-order valence-corrected chi connectivity index (χ4v) is 9.56. The quantitative estimate of drug-likeness (QED) is 0.181. The fraction of sp³-hybridized carbons (Fsp3) is 0.294. The van der Waals surface area contributed by atoms with Gasteiger partial charge in [-0.15, -0.1) is 0 Å². The Bertz CT molecular complexity index is 3000. The molecule has 2 atom stereocenters. The molecule has 0 bridgehead atoms. The van der Waals surface area contributed by atoms with E-state index < -0.39 is 11.1 Å². The van der Waals surface area contributed by atoms with E-state index in [9.17, 15) is 0 Å². The Morgan fingerprint density at radius 2 is 1.48 bits per heavy atom. The van der Waals surface area contributed by atoms with E-state index in [4.69, 9.17) is 14.7 Å². The lowest BCUT2D eigenvalue weighted by molar-refractivity contribution is 0.0475. The van der Waals surface area contributed by atoms with Gasteiger partial charge in [-0.3, -0.25) is 4.57 Å². The molecule has 1 aliphatic carbocycles. The highest BCUT2D eigenvalue weighted by Gasteiger charge is 2.59.